The van der Waals surface area contributed by atoms with Gasteiger partial charge < -0.3 is 14.9 Å². The second kappa shape index (κ2) is 7.97. The molecule has 0 radical (unpaired) electrons. The Hall–Kier alpha value is -0.910. The molecule has 0 aromatic carbocycles. The van der Waals surface area contributed by atoms with Crippen LogP contribution >= 0.6 is 0 Å². The van der Waals surface area contributed by atoms with Gasteiger partial charge in [0, 0.05) is 37.9 Å². The largest absolute Gasteiger partial charge is 0.458 e. The summed E-state index contributed by atoms with van der Waals surface area (Å²) in [6, 6.07) is 1.06. The molecule has 0 aromatic rings. The predicted molar refractivity (Wildman–Crippen MR) is 112 cm³/mol. The van der Waals surface area contributed by atoms with Crippen molar-refractivity contribution in [3.05, 3.63) is 11.6 Å². The average Bonchev–Trinajstić information content (AvgIpc) is 2.87. The van der Waals surface area contributed by atoms with E-state index in [1.807, 2.05) is 6.92 Å². The number of hydrogen-bond donors (Lipinski definition) is 2. The normalized spacial score (nSPS) is 46.0. The Kier molecular flexibility index (Phi) is 5.86. The minimum atomic E-state index is -0.798. The van der Waals surface area contributed by atoms with E-state index in [0.717, 1.165) is 37.8 Å². The summed E-state index contributed by atoms with van der Waals surface area (Å²) in [4.78, 5) is 14.2. The van der Waals surface area contributed by atoms with Gasteiger partial charge in [-0.1, -0.05) is 19.9 Å². The summed E-state index contributed by atoms with van der Waals surface area (Å²) in [6.07, 6.45) is 8.75. The van der Waals surface area contributed by atoms with E-state index in [1.54, 1.807) is 0 Å². The van der Waals surface area contributed by atoms with E-state index in [4.69, 9.17) is 4.74 Å². The van der Waals surface area contributed by atoms with Gasteiger partial charge in [0.15, 0.2) is 0 Å². The van der Waals surface area contributed by atoms with Gasteiger partial charge in [-0.3, -0.25) is 9.69 Å². The zero-order valence-electron chi connectivity index (χ0n) is 18.5. The first kappa shape index (κ1) is 21.3. The lowest BCUT2D eigenvalue weighted by Crippen LogP contribution is -2.56. The maximum Gasteiger partial charge on any atom is 0.303 e. The molecule has 5 nitrogen and oxygen atoms in total. The zero-order valence-corrected chi connectivity index (χ0v) is 18.5. The molecule has 2 saturated heterocycles. The molecule has 4 aliphatic rings. The second-order valence-electron chi connectivity index (χ2n) is 10.6. The molecule has 1 saturated carbocycles. The number of esters is 1. The van der Waals surface area contributed by atoms with Crippen molar-refractivity contribution in [1.82, 2.24) is 4.90 Å². The van der Waals surface area contributed by atoms with Crippen molar-refractivity contribution in [1.29, 1.82) is 0 Å². The Morgan fingerprint density at radius 2 is 1.93 bits per heavy atom. The van der Waals surface area contributed by atoms with E-state index in [-0.39, 0.29) is 30.0 Å². The fourth-order valence-corrected chi connectivity index (χ4v) is 7.01. The Labute approximate surface area is 175 Å². The van der Waals surface area contributed by atoms with Crippen LogP contribution in [0.2, 0.25) is 0 Å². The van der Waals surface area contributed by atoms with Crippen LogP contribution in [-0.4, -0.2) is 57.5 Å². The van der Waals surface area contributed by atoms with Crippen LogP contribution in [0.25, 0.3) is 0 Å². The summed E-state index contributed by atoms with van der Waals surface area (Å²) >= 11 is 0. The number of fused-ring (bicyclic) bond motifs is 3. The number of hydrogen-bond acceptors (Lipinski definition) is 5. The lowest BCUT2D eigenvalue weighted by Gasteiger charge is -2.53. The molecule has 0 amide bonds. The van der Waals surface area contributed by atoms with E-state index < -0.39 is 5.60 Å². The Balaban J connectivity index is 1.52. The molecule has 3 unspecified atom stereocenters. The maximum atomic E-state index is 11.8. The van der Waals surface area contributed by atoms with Crippen LogP contribution in [0.5, 0.6) is 0 Å². The number of aliphatic hydroxyl groups is 2. The van der Waals surface area contributed by atoms with Crippen molar-refractivity contribution in [3.8, 4) is 0 Å². The Morgan fingerprint density at radius 3 is 2.55 bits per heavy atom. The molecule has 5 heteroatoms. The van der Waals surface area contributed by atoms with Gasteiger partial charge in [-0.15, -0.1) is 0 Å². The number of carbonyl (C=O) groups excluding carboxylic acids is 1. The van der Waals surface area contributed by atoms with E-state index >= 15 is 0 Å². The molecule has 2 bridgehead atoms. The first-order chi connectivity index (χ1) is 13.7. The molecule has 0 spiro atoms. The van der Waals surface area contributed by atoms with Gasteiger partial charge in [0.2, 0.25) is 0 Å². The summed E-state index contributed by atoms with van der Waals surface area (Å²) in [5.41, 5.74) is 0.288. The zero-order chi connectivity index (χ0) is 20.9. The van der Waals surface area contributed by atoms with Crippen molar-refractivity contribution in [2.45, 2.75) is 103 Å². The summed E-state index contributed by atoms with van der Waals surface area (Å²) < 4.78 is 5.53. The van der Waals surface area contributed by atoms with Crippen molar-refractivity contribution in [2.75, 3.05) is 6.54 Å². The van der Waals surface area contributed by atoms with Crippen molar-refractivity contribution >= 4 is 5.97 Å². The molecule has 164 valence electrons. The fraction of sp³-hybridized carbons (Fsp3) is 0.875. The topological polar surface area (TPSA) is 70.0 Å². The molecule has 2 N–H and O–H groups in total. The summed E-state index contributed by atoms with van der Waals surface area (Å²) in [7, 11) is 0. The van der Waals surface area contributed by atoms with Crippen LogP contribution in [0.15, 0.2) is 11.6 Å². The Bertz CT molecular complexity index is 649. The third-order valence-corrected chi connectivity index (χ3v) is 8.68. The molecule has 2 aliphatic heterocycles. The highest BCUT2D eigenvalue weighted by atomic mass is 16.5. The summed E-state index contributed by atoms with van der Waals surface area (Å²) in [5, 5.41) is 21.9. The van der Waals surface area contributed by atoms with Crippen molar-refractivity contribution in [2.24, 2.45) is 23.7 Å². The highest BCUT2D eigenvalue weighted by Crippen LogP contribution is 2.51. The van der Waals surface area contributed by atoms with Gasteiger partial charge in [0.05, 0.1) is 11.7 Å². The van der Waals surface area contributed by atoms with Crippen LogP contribution in [0, 0.1) is 23.7 Å². The average molecular weight is 406 g/mol. The van der Waals surface area contributed by atoms with Gasteiger partial charge in [-0.2, -0.15) is 0 Å². The number of aliphatic hydroxyl groups excluding tert-OH is 1. The van der Waals surface area contributed by atoms with Gasteiger partial charge >= 0.3 is 5.97 Å². The highest BCUT2D eigenvalue weighted by molar-refractivity contribution is 5.66. The Morgan fingerprint density at radius 1 is 1.28 bits per heavy atom. The first-order valence-electron chi connectivity index (χ1n) is 11.7. The highest BCUT2D eigenvalue weighted by Gasteiger charge is 2.53. The molecular weight excluding hydrogens is 366 g/mol. The SMILES string of the molecule is CC(=O)O[C@@H]1C[C@@]2(O)[C@H](C)CC[C@@H](C(C)CN3C4CCC3CC(O)C4)[C@H]2C=C1C. The van der Waals surface area contributed by atoms with Gasteiger partial charge in [-0.05, 0) is 68.8 Å². The van der Waals surface area contributed by atoms with E-state index in [1.165, 1.54) is 19.8 Å². The molecule has 4 rings (SSSR count). The van der Waals surface area contributed by atoms with Crippen LogP contribution in [0.4, 0.5) is 0 Å². The molecule has 2 aliphatic carbocycles. The lowest BCUT2D eigenvalue weighted by atomic mass is 9.57. The predicted octanol–water partition coefficient (Wildman–Crippen LogP) is 3.29. The third kappa shape index (κ3) is 3.90. The van der Waals surface area contributed by atoms with Gasteiger partial charge in [-0.25, -0.2) is 0 Å². The maximum absolute atomic E-state index is 11.8. The molecule has 8 atom stereocenters. The number of piperidine rings is 1. The van der Waals surface area contributed by atoms with Crippen LogP contribution in [-0.2, 0) is 9.53 Å². The van der Waals surface area contributed by atoms with E-state index in [9.17, 15) is 15.0 Å². The van der Waals surface area contributed by atoms with Gasteiger partial charge in [0.25, 0.3) is 0 Å². The quantitative estimate of drug-likeness (QED) is 0.555. The van der Waals surface area contributed by atoms with Crippen LogP contribution < -0.4 is 0 Å². The van der Waals surface area contributed by atoms with E-state index in [2.05, 4.69) is 24.8 Å². The minimum absolute atomic E-state index is 0.123. The van der Waals surface area contributed by atoms with Crippen molar-refractivity contribution in [3.63, 3.8) is 0 Å². The lowest BCUT2D eigenvalue weighted by molar-refractivity contribution is -0.159. The standard InChI is InChI=1S/C24H39NO4/c1-14-9-22-21(8-5-16(3)24(22,28)12-23(14)29-17(4)26)15(2)13-25-18-6-7-19(25)11-20(27)10-18/h9,15-16,18-23,27-28H,5-8,10-13H2,1-4H3/t15?,16-,18?,19?,20?,21+,22-,23-,24-/m1/s1. The summed E-state index contributed by atoms with van der Waals surface area (Å²) in [5.74, 6) is 0.990. The minimum Gasteiger partial charge on any atom is -0.458 e. The number of ether oxygens (including phenoxy) is 1. The summed E-state index contributed by atoms with van der Waals surface area (Å²) in [6.45, 7) is 9.06. The van der Waals surface area contributed by atoms with Gasteiger partial charge in [0.1, 0.15) is 6.10 Å². The molecule has 29 heavy (non-hydrogen) atoms. The van der Waals surface area contributed by atoms with Crippen LogP contribution in [0.1, 0.15) is 72.6 Å². The van der Waals surface area contributed by atoms with Crippen molar-refractivity contribution < 1.29 is 19.7 Å². The van der Waals surface area contributed by atoms with E-state index in [0.29, 0.717) is 30.3 Å². The smallest absolute Gasteiger partial charge is 0.303 e. The molecule has 0 aromatic heterocycles. The molecular formula is C24H39NO4. The number of nitrogens with zero attached hydrogens (tertiary/aromatic N) is 1. The third-order valence-electron chi connectivity index (χ3n) is 8.68. The fourth-order valence-electron chi connectivity index (χ4n) is 7.01. The second-order valence-corrected chi connectivity index (χ2v) is 10.6. The molecule has 2 heterocycles. The number of rotatable bonds is 4. The number of carbonyl (C=O) groups is 1. The first-order valence-corrected chi connectivity index (χ1v) is 11.7. The van der Waals surface area contributed by atoms with Crippen LogP contribution in [0.3, 0.4) is 0 Å². The molecule has 3 fully saturated rings. The monoisotopic (exact) mass is 405 g/mol.